The van der Waals surface area contributed by atoms with Crippen LogP contribution in [0, 0.1) is 6.92 Å². The van der Waals surface area contributed by atoms with Gasteiger partial charge in [0.1, 0.15) is 23.6 Å². The Balaban J connectivity index is 1.57. The minimum Gasteiger partial charge on any atom is -0.506 e. The van der Waals surface area contributed by atoms with Crippen molar-refractivity contribution in [1.82, 2.24) is 9.55 Å². The molecule has 0 bridgehead atoms. The number of halogens is 3. The van der Waals surface area contributed by atoms with E-state index >= 15 is 0 Å². The summed E-state index contributed by atoms with van der Waals surface area (Å²) in [6.07, 6.45) is -5.84. The summed E-state index contributed by atoms with van der Waals surface area (Å²) in [6, 6.07) is 14.3. The summed E-state index contributed by atoms with van der Waals surface area (Å²) in [4.78, 5) is 29.1. The van der Waals surface area contributed by atoms with Crippen molar-refractivity contribution in [2.75, 3.05) is 18.1 Å². The number of phenols is 1. The average Bonchev–Trinajstić information content (AvgIpc) is 3.48. The third kappa shape index (κ3) is 5.24. The largest absolute Gasteiger partial charge is 0.506 e. The number of amides is 1. The molecule has 12 heteroatoms. The van der Waals surface area contributed by atoms with Gasteiger partial charge in [0.05, 0.1) is 24.4 Å². The highest BCUT2D eigenvalue weighted by Gasteiger charge is 2.43. The number of hydrogen-bond acceptors (Lipinski definition) is 7. The van der Waals surface area contributed by atoms with E-state index in [1.165, 1.54) is 31.2 Å². The molecular formula is C29H26F3N3O6. The SMILES string of the molecule is CCOc1nc2c(O)cccc2n1-c1cccc(CN(C(=O)C(F)(F)F)c2ccc3c(c2)OC[C@H]3OC(C)=O)c1C. The molecule has 5 rings (SSSR count). The van der Waals surface area contributed by atoms with Gasteiger partial charge in [-0.2, -0.15) is 18.2 Å². The van der Waals surface area contributed by atoms with Crippen molar-refractivity contribution in [3.05, 3.63) is 71.3 Å². The molecule has 1 aromatic heterocycles. The van der Waals surface area contributed by atoms with Crippen LogP contribution < -0.4 is 14.4 Å². The Hall–Kier alpha value is -4.74. The van der Waals surface area contributed by atoms with Gasteiger partial charge < -0.3 is 24.2 Å². The molecule has 0 aliphatic carbocycles. The summed E-state index contributed by atoms with van der Waals surface area (Å²) < 4.78 is 59.5. The molecule has 1 amide bonds. The van der Waals surface area contributed by atoms with Gasteiger partial charge in [-0.05, 0) is 55.3 Å². The molecule has 1 aliphatic rings. The van der Waals surface area contributed by atoms with Crippen LogP contribution in [-0.2, 0) is 20.9 Å². The summed E-state index contributed by atoms with van der Waals surface area (Å²) in [5, 5.41) is 10.3. The monoisotopic (exact) mass is 569 g/mol. The first-order chi connectivity index (χ1) is 19.5. The topological polar surface area (TPSA) is 103 Å². The number of nitrogens with zero attached hydrogens (tertiary/aromatic N) is 3. The van der Waals surface area contributed by atoms with Gasteiger partial charge in [0.15, 0.2) is 6.10 Å². The van der Waals surface area contributed by atoms with E-state index in [1.54, 1.807) is 48.7 Å². The number of aromatic nitrogens is 2. The number of imidazole rings is 1. The molecule has 0 saturated heterocycles. The Bertz CT molecular complexity index is 1650. The number of phenolic OH excluding ortho intramolecular Hbond substituents is 1. The number of ether oxygens (including phenoxy) is 3. The van der Waals surface area contributed by atoms with Gasteiger partial charge in [-0.1, -0.05) is 18.2 Å². The number of para-hydroxylation sites is 1. The molecule has 41 heavy (non-hydrogen) atoms. The van der Waals surface area contributed by atoms with Gasteiger partial charge in [-0.15, -0.1) is 0 Å². The number of esters is 1. The van der Waals surface area contributed by atoms with Gasteiger partial charge in [-0.25, -0.2) is 0 Å². The van der Waals surface area contributed by atoms with E-state index in [9.17, 15) is 27.9 Å². The normalized spacial score (nSPS) is 14.4. The summed E-state index contributed by atoms with van der Waals surface area (Å²) in [6.45, 7) is 4.65. The van der Waals surface area contributed by atoms with E-state index in [-0.39, 0.29) is 36.4 Å². The quantitative estimate of drug-likeness (QED) is 0.292. The van der Waals surface area contributed by atoms with E-state index in [2.05, 4.69) is 4.98 Å². The lowest BCUT2D eigenvalue weighted by molar-refractivity contribution is -0.170. The van der Waals surface area contributed by atoms with Gasteiger partial charge in [-0.3, -0.25) is 14.2 Å². The zero-order chi connectivity index (χ0) is 29.5. The third-order valence-electron chi connectivity index (χ3n) is 6.74. The van der Waals surface area contributed by atoms with E-state index in [4.69, 9.17) is 14.2 Å². The molecule has 0 saturated carbocycles. The lowest BCUT2D eigenvalue weighted by Crippen LogP contribution is -2.41. The van der Waals surface area contributed by atoms with Crippen molar-refractivity contribution in [1.29, 1.82) is 0 Å². The minimum absolute atomic E-state index is 0.0172. The number of carbonyl (C=O) groups excluding carboxylic acids is 2. The van der Waals surface area contributed by atoms with Crippen molar-refractivity contribution in [2.24, 2.45) is 0 Å². The van der Waals surface area contributed by atoms with Crippen LogP contribution in [0.4, 0.5) is 18.9 Å². The number of rotatable bonds is 7. The fourth-order valence-corrected chi connectivity index (χ4v) is 4.84. The second kappa shape index (κ2) is 10.7. The van der Waals surface area contributed by atoms with Crippen LogP contribution in [-0.4, -0.2) is 45.9 Å². The first-order valence-corrected chi connectivity index (χ1v) is 12.7. The van der Waals surface area contributed by atoms with Crippen LogP contribution in [0.3, 0.4) is 0 Å². The summed E-state index contributed by atoms with van der Waals surface area (Å²) in [5.74, 6) is -2.39. The molecule has 0 fully saturated rings. The average molecular weight is 570 g/mol. The van der Waals surface area contributed by atoms with Gasteiger partial charge in [0.2, 0.25) is 0 Å². The fraction of sp³-hybridized carbons (Fsp3) is 0.276. The zero-order valence-corrected chi connectivity index (χ0v) is 22.4. The minimum atomic E-state index is -5.15. The first kappa shape index (κ1) is 27.8. The highest BCUT2D eigenvalue weighted by atomic mass is 19.4. The molecule has 0 radical (unpaired) electrons. The first-order valence-electron chi connectivity index (χ1n) is 12.7. The summed E-state index contributed by atoms with van der Waals surface area (Å²) in [5.41, 5.74) is 2.87. The number of carbonyl (C=O) groups is 2. The molecule has 1 aliphatic heterocycles. The van der Waals surface area contributed by atoms with Gasteiger partial charge >= 0.3 is 24.1 Å². The molecule has 3 aromatic carbocycles. The number of hydrogen-bond donors (Lipinski definition) is 1. The van der Waals surface area contributed by atoms with E-state index < -0.39 is 30.7 Å². The van der Waals surface area contributed by atoms with E-state index in [1.807, 2.05) is 0 Å². The van der Waals surface area contributed by atoms with Crippen molar-refractivity contribution in [3.8, 4) is 23.2 Å². The maximum atomic E-state index is 13.8. The zero-order valence-electron chi connectivity index (χ0n) is 22.4. The molecule has 1 N–H and O–H groups in total. The van der Waals surface area contributed by atoms with Crippen LogP contribution in [0.15, 0.2) is 54.6 Å². The number of anilines is 1. The fourth-order valence-electron chi connectivity index (χ4n) is 4.84. The maximum absolute atomic E-state index is 13.8. The van der Waals surface area contributed by atoms with Gasteiger partial charge in [0, 0.05) is 24.2 Å². The molecular weight excluding hydrogens is 543 g/mol. The Morgan fingerprint density at radius 1 is 1.17 bits per heavy atom. The maximum Gasteiger partial charge on any atom is 0.471 e. The predicted octanol–water partition coefficient (Wildman–Crippen LogP) is 5.53. The van der Waals surface area contributed by atoms with Crippen LogP contribution in [0.2, 0.25) is 0 Å². The molecule has 0 unspecified atom stereocenters. The Morgan fingerprint density at radius 3 is 2.63 bits per heavy atom. The number of benzene rings is 3. The molecule has 4 aromatic rings. The molecule has 0 spiro atoms. The molecule has 1 atom stereocenters. The van der Waals surface area contributed by atoms with Crippen LogP contribution >= 0.6 is 0 Å². The molecule has 2 heterocycles. The van der Waals surface area contributed by atoms with Crippen molar-refractivity contribution in [3.63, 3.8) is 0 Å². The number of fused-ring (bicyclic) bond motifs is 2. The number of alkyl halides is 3. The highest BCUT2D eigenvalue weighted by Crippen LogP contribution is 2.39. The second-order valence-electron chi connectivity index (χ2n) is 9.39. The molecule has 9 nitrogen and oxygen atoms in total. The Kier molecular flexibility index (Phi) is 7.24. The predicted molar refractivity (Wildman–Crippen MR) is 142 cm³/mol. The van der Waals surface area contributed by atoms with Crippen molar-refractivity contribution >= 4 is 28.6 Å². The number of aromatic hydroxyl groups is 1. The van der Waals surface area contributed by atoms with Crippen LogP contribution in [0.5, 0.6) is 17.5 Å². The summed E-state index contributed by atoms with van der Waals surface area (Å²) >= 11 is 0. The van der Waals surface area contributed by atoms with E-state index in [0.29, 0.717) is 38.3 Å². The Labute approximate surface area is 232 Å². The summed E-state index contributed by atoms with van der Waals surface area (Å²) in [7, 11) is 0. The van der Waals surface area contributed by atoms with Crippen LogP contribution in [0.1, 0.15) is 36.6 Å². The lowest BCUT2D eigenvalue weighted by Gasteiger charge is -2.26. The molecule has 214 valence electrons. The lowest BCUT2D eigenvalue weighted by atomic mass is 10.0. The standard InChI is InChI=1S/C29H26F3N3O6/c1-4-39-28-33-26-22(9-6-10-23(26)37)35(28)21-8-5-7-18(16(21)2)14-34(27(38)29(30,31)32)19-11-12-20-24(13-19)40-15-25(20)41-17(3)36/h5-13,25,37H,4,14-15H2,1-3H3/t25-/m1/s1. The third-order valence-corrected chi connectivity index (χ3v) is 6.74. The Morgan fingerprint density at radius 2 is 1.93 bits per heavy atom. The van der Waals surface area contributed by atoms with E-state index in [0.717, 1.165) is 0 Å². The van der Waals surface area contributed by atoms with Crippen molar-refractivity contribution in [2.45, 2.75) is 39.6 Å². The van der Waals surface area contributed by atoms with Crippen LogP contribution in [0.25, 0.3) is 16.7 Å². The van der Waals surface area contributed by atoms with Crippen molar-refractivity contribution < 1.29 is 42.1 Å². The second-order valence-corrected chi connectivity index (χ2v) is 9.39. The highest BCUT2D eigenvalue weighted by molar-refractivity contribution is 5.97. The smallest absolute Gasteiger partial charge is 0.471 e. The van der Waals surface area contributed by atoms with Gasteiger partial charge in [0.25, 0.3) is 0 Å².